The fourth-order valence-electron chi connectivity index (χ4n) is 4.47. The highest BCUT2D eigenvalue weighted by Crippen LogP contribution is 2.33. The zero-order valence-corrected chi connectivity index (χ0v) is 25.6. The first-order chi connectivity index (χ1) is 21.2. The standard InChI is InChI=1S/C33H30ClF2N3O6/c1-19(40)24-15-12-22(34)17-25(24)26-18-28(41)39(38-30(26)44-32(35)36)27(16-20-8-6-5-7-9-20)29(42)37-23-13-10-21(11-14-23)31(43)45-33(2,3)4/h5-15,17-18,27,32H,16H2,1-4H3,(H,37,42). The minimum absolute atomic E-state index is 0.0428. The Morgan fingerprint density at radius 2 is 1.62 bits per heavy atom. The lowest BCUT2D eigenvalue weighted by Gasteiger charge is -2.21. The molecule has 1 aromatic heterocycles. The number of nitrogens with zero attached hydrogens (tertiary/aromatic N) is 2. The number of alkyl halides is 2. The maximum Gasteiger partial charge on any atom is 0.388 e. The summed E-state index contributed by atoms with van der Waals surface area (Å²) < 4.78 is 38.0. The van der Waals surface area contributed by atoms with Crippen molar-refractivity contribution in [2.75, 3.05) is 5.32 Å². The SMILES string of the molecule is CC(=O)c1ccc(Cl)cc1-c1cc(=O)n(C(Cc2ccccc2)C(=O)Nc2ccc(C(=O)OC(C)(C)C)cc2)nc1OC(F)F. The van der Waals surface area contributed by atoms with E-state index in [-0.39, 0.29) is 33.7 Å². The Kier molecular flexibility index (Phi) is 10.1. The molecule has 9 nitrogen and oxygen atoms in total. The molecule has 0 aliphatic rings. The van der Waals surface area contributed by atoms with Crippen molar-refractivity contribution in [3.05, 3.63) is 111 Å². The lowest BCUT2D eigenvalue weighted by molar-refractivity contribution is -0.119. The molecule has 0 saturated heterocycles. The maximum absolute atomic E-state index is 13.7. The maximum atomic E-state index is 13.7. The van der Waals surface area contributed by atoms with Crippen LogP contribution in [0.3, 0.4) is 0 Å². The van der Waals surface area contributed by atoms with Crippen LogP contribution in [0.5, 0.6) is 5.88 Å². The molecule has 0 radical (unpaired) electrons. The van der Waals surface area contributed by atoms with Gasteiger partial charge in [0.15, 0.2) is 5.78 Å². The Balaban J connectivity index is 1.76. The van der Waals surface area contributed by atoms with Gasteiger partial charge < -0.3 is 14.8 Å². The smallest absolute Gasteiger partial charge is 0.388 e. The summed E-state index contributed by atoms with van der Waals surface area (Å²) >= 11 is 6.13. The first-order valence-corrected chi connectivity index (χ1v) is 14.2. The van der Waals surface area contributed by atoms with Gasteiger partial charge in [0.2, 0.25) is 11.8 Å². The van der Waals surface area contributed by atoms with Crippen LogP contribution in [0, 0.1) is 0 Å². The summed E-state index contributed by atoms with van der Waals surface area (Å²) in [6, 6.07) is 18.5. The number of aromatic nitrogens is 2. The second kappa shape index (κ2) is 13.8. The second-order valence-corrected chi connectivity index (χ2v) is 11.5. The third-order valence-electron chi connectivity index (χ3n) is 6.43. The molecule has 4 rings (SSSR count). The van der Waals surface area contributed by atoms with Gasteiger partial charge in [-0.15, -0.1) is 5.10 Å². The summed E-state index contributed by atoms with van der Waals surface area (Å²) in [5, 5.41) is 6.96. The molecule has 0 saturated carbocycles. The van der Waals surface area contributed by atoms with Gasteiger partial charge in [-0.25, -0.2) is 9.48 Å². The first kappa shape index (κ1) is 33.0. The number of hydrogen-bond acceptors (Lipinski definition) is 7. The van der Waals surface area contributed by atoms with Crippen molar-refractivity contribution in [2.24, 2.45) is 0 Å². The van der Waals surface area contributed by atoms with E-state index < -0.39 is 47.4 Å². The van der Waals surface area contributed by atoms with Crippen molar-refractivity contribution in [3.63, 3.8) is 0 Å². The Morgan fingerprint density at radius 1 is 0.956 bits per heavy atom. The van der Waals surface area contributed by atoms with Crippen LogP contribution in [0.25, 0.3) is 11.1 Å². The summed E-state index contributed by atoms with van der Waals surface area (Å²) in [5.74, 6) is -2.33. The molecule has 0 spiro atoms. The van der Waals surface area contributed by atoms with Gasteiger partial charge in [-0.05, 0) is 81.3 Å². The van der Waals surface area contributed by atoms with Gasteiger partial charge in [0.05, 0.1) is 11.1 Å². The molecule has 1 heterocycles. The number of ether oxygens (including phenoxy) is 2. The molecule has 1 N–H and O–H groups in total. The van der Waals surface area contributed by atoms with E-state index >= 15 is 0 Å². The minimum atomic E-state index is -3.34. The summed E-state index contributed by atoms with van der Waals surface area (Å²) in [7, 11) is 0. The second-order valence-electron chi connectivity index (χ2n) is 11.0. The summed E-state index contributed by atoms with van der Waals surface area (Å²) in [6.45, 7) is 3.15. The molecule has 1 amide bonds. The molecule has 12 heteroatoms. The molecule has 1 unspecified atom stereocenters. The van der Waals surface area contributed by atoms with Gasteiger partial charge in [-0.1, -0.05) is 41.9 Å². The van der Waals surface area contributed by atoms with Crippen molar-refractivity contribution in [3.8, 4) is 17.0 Å². The highest BCUT2D eigenvalue weighted by atomic mass is 35.5. The third kappa shape index (κ3) is 8.60. The van der Waals surface area contributed by atoms with E-state index in [2.05, 4.69) is 10.4 Å². The van der Waals surface area contributed by atoms with Crippen LogP contribution in [0.4, 0.5) is 14.5 Å². The predicted octanol–water partition coefficient (Wildman–Crippen LogP) is 6.75. The van der Waals surface area contributed by atoms with Gasteiger partial charge in [-0.2, -0.15) is 8.78 Å². The highest BCUT2D eigenvalue weighted by Gasteiger charge is 2.28. The average molecular weight is 638 g/mol. The lowest BCUT2D eigenvalue weighted by Crippen LogP contribution is -2.36. The van der Waals surface area contributed by atoms with Gasteiger partial charge in [0.25, 0.3) is 5.56 Å². The van der Waals surface area contributed by atoms with Crippen LogP contribution in [-0.4, -0.2) is 39.7 Å². The largest absolute Gasteiger partial charge is 0.456 e. The van der Waals surface area contributed by atoms with E-state index in [4.69, 9.17) is 21.1 Å². The van der Waals surface area contributed by atoms with E-state index in [1.807, 2.05) is 0 Å². The number of ketones is 1. The van der Waals surface area contributed by atoms with Crippen molar-refractivity contribution in [1.29, 1.82) is 0 Å². The number of hydrogen-bond donors (Lipinski definition) is 1. The number of halogens is 3. The zero-order valence-electron chi connectivity index (χ0n) is 24.8. The number of esters is 1. The molecule has 1 atom stereocenters. The Labute approximate surface area is 262 Å². The Hall–Kier alpha value is -4.90. The topological polar surface area (TPSA) is 117 Å². The number of Topliss-reactive ketones (excluding diaryl/α,β-unsaturated/α-hetero) is 1. The number of carbonyl (C=O) groups excluding carboxylic acids is 3. The number of anilines is 1. The van der Waals surface area contributed by atoms with E-state index in [9.17, 15) is 28.0 Å². The number of carbonyl (C=O) groups is 3. The van der Waals surface area contributed by atoms with Gasteiger partial charge in [0.1, 0.15) is 11.6 Å². The summed E-state index contributed by atoms with van der Waals surface area (Å²) in [5.41, 5.74) is -0.333. The quantitative estimate of drug-likeness (QED) is 0.151. The normalized spacial score (nSPS) is 12.0. The third-order valence-corrected chi connectivity index (χ3v) is 6.67. The number of nitrogens with one attached hydrogen (secondary N) is 1. The van der Waals surface area contributed by atoms with Crippen LogP contribution in [0.2, 0.25) is 5.02 Å². The molecule has 234 valence electrons. The molecule has 0 bridgehead atoms. The molecular formula is C33H30ClF2N3O6. The van der Waals surface area contributed by atoms with Crippen molar-refractivity contribution in [1.82, 2.24) is 9.78 Å². The Bertz CT molecular complexity index is 1770. The zero-order chi connectivity index (χ0) is 32.9. The molecule has 4 aromatic rings. The molecule has 0 aliphatic heterocycles. The molecule has 3 aromatic carbocycles. The van der Waals surface area contributed by atoms with E-state index in [1.54, 1.807) is 51.1 Å². The van der Waals surface area contributed by atoms with Crippen LogP contribution in [0.15, 0.2) is 83.7 Å². The van der Waals surface area contributed by atoms with Gasteiger partial charge >= 0.3 is 12.6 Å². The first-order valence-electron chi connectivity index (χ1n) is 13.8. The molecule has 0 fully saturated rings. The number of benzene rings is 3. The van der Waals surface area contributed by atoms with Crippen LogP contribution >= 0.6 is 11.6 Å². The fourth-order valence-corrected chi connectivity index (χ4v) is 4.64. The van der Waals surface area contributed by atoms with Crippen LogP contribution < -0.4 is 15.6 Å². The molecule has 0 aliphatic carbocycles. The number of amides is 1. The van der Waals surface area contributed by atoms with Crippen molar-refractivity contribution < 1.29 is 32.6 Å². The van der Waals surface area contributed by atoms with Crippen molar-refractivity contribution >= 4 is 34.9 Å². The van der Waals surface area contributed by atoms with E-state index in [0.29, 0.717) is 11.3 Å². The van der Waals surface area contributed by atoms with Gasteiger partial charge in [0, 0.05) is 28.8 Å². The molecular weight excluding hydrogens is 608 g/mol. The average Bonchev–Trinajstić information content (AvgIpc) is 2.96. The van der Waals surface area contributed by atoms with Crippen LogP contribution in [-0.2, 0) is 16.0 Å². The monoisotopic (exact) mass is 637 g/mol. The highest BCUT2D eigenvalue weighted by molar-refractivity contribution is 6.31. The van der Waals surface area contributed by atoms with Crippen molar-refractivity contribution in [2.45, 2.75) is 52.4 Å². The lowest BCUT2D eigenvalue weighted by atomic mass is 9.98. The van der Waals surface area contributed by atoms with Crippen LogP contribution in [0.1, 0.15) is 60.0 Å². The molecule has 45 heavy (non-hydrogen) atoms. The fraction of sp³-hybridized carbons (Fsp3) is 0.242. The summed E-state index contributed by atoms with van der Waals surface area (Å²) in [6.07, 6.45) is -0.0428. The van der Waals surface area contributed by atoms with Gasteiger partial charge in [-0.3, -0.25) is 14.4 Å². The summed E-state index contributed by atoms with van der Waals surface area (Å²) in [4.78, 5) is 52.0. The predicted molar refractivity (Wildman–Crippen MR) is 165 cm³/mol. The number of rotatable bonds is 10. The van der Waals surface area contributed by atoms with E-state index in [1.165, 1.54) is 49.4 Å². The Morgan fingerprint density at radius 3 is 2.22 bits per heavy atom. The van der Waals surface area contributed by atoms with E-state index in [0.717, 1.165) is 10.7 Å². The minimum Gasteiger partial charge on any atom is -0.456 e.